The van der Waals surface area contributed by atoms with Crippen LogP contribution in [0.2, 0.25) is 0 Å². The molecule has 1 nitrogen and oxygen atoms in total. The molecule has 0 N–H and O–H groups in total. The highest BCUT2D eigenvalue weighted by molar-refractivity contribution is 6.04. The molecule has 1 aromatic heterocycles. The van der Waals surface area contributed by atoms with Crippen LogP contribution in [0.25, 0.3) is 21.9 Å². The summed E-state index contributed by atoms with van der Waals surface area (Å²) in [5.41, 5.74) is 1.92. The first kappa shape index (κ1) is 37.6. The van der Waals surface area contributed by atoms with E-state index in [1.807, 2.05) is 36.4 Å². The number of fused-ring (bicyclic) bond motifs is 3. The third-order valence-electron chi connectivity index (χ3n) is 2.28. The van der Waals surface area contributed by atoms with Crippen molar-refractivity contribution in [2.24, 2.45) is 0 Å². The van der Waals surface area contributed by atoms with Crippen LogP contribution < -0.4 is 0 Å². The zero-order valence-electron chi connectivity index (χ0n) is 10.3. The summed E-state index contributed by atoms with van der Waals surface area (Å²) in [5.74, 6) is 0. The average Bonchev–Trinajstić information content (AvgIpc) is 2.56. The Balaban J connectivity index is -0.0000000703. The predicted molar refractivity (Wildman–Crippen MR) is 112 cm³/mol. The lowest BCUT2D eigenvalue weighted by molar-refractivity contribution is 0.669. The molecule has 0 spiro atoms. The average molecular weight is 460 g/mol. The van der Waals surface area contributed by atoms with Crippen LogP contribution in [0.1, 0.15) is 0 Å². The second-order valence-electron chi connectivity index (χ2n) is 3.09. The number of halogens is 8. The standard InChI is InChI=1S/C12H8O.8ClH/c1-3-7-11-9(5-1)10-6-2-4-8-12(10)13-11;;;;;;;;/h1-8H;8*1H. The lowest BCUT2D eigenvalue weighted by Crippen LogP contribution is -1.62. The molecule has 2 aromatic carbocycles. The SMILES string of the molecule is Cl.Cl.Cl.Cl.Cl.Cl.Cl.Cl.c1ccc2c(c1)oc1ccccc12. The second-order valence-corrected chi connectivity index (χ2v) is 3.09. The van der Waals surface area contributed by atoms with Crippen molar-refractivity contribution < 1.29 is 4.42 Å². The largest absolute Gasteiger partial charge is 0.456 e. The van der Waals surface area contributed by atoms with Gasteiger partial charge in [0.15, 0.2) is 0 Å². The molecule has 0 bridgehead atoms. The first-order valence-electron chi connectivity index (χ1n) is 4.31. The topological polar surface area (TPSA) is 13.1 Å². The molecule has 0 aliphatic carbocycles. The zero-order chi connectivity index (χ0) is 8.67. The Kier molecular flexibility index (Phi) is 30.3. The number of rotatable bonds is 0. The first-order chi connectivity index (χ1) is 6.45. The van der Waals surface area contributed by atoms with Crippen LogP contribution in [0.3, 0.4) is 0 Å². The van der Waals surface area contributed by atoms with Crippen molar-refractivity contribution in [2.75, 3.05) is 0 Å². The highest BCUT2D eigenvalue weighted by atomic mass is 35.5. The van der Waals surface area contributed by atoms with Crippen LogP contribution in [-0.2, 0) is 0 Å². The molecular formula is C12H16Cl8O. The van der Waals surface area contributed by atoms with Gasteiger partial charge in [-0.15, -0.1) is 99.3 Å². The minimum Gasteiger partial charge on any atom is -0.456 e. The summed E-state index contributed by atoms with van der Waals surface area (Å²) in [6.45, 7) is 0. The van der Waals surface area contributed by atoms with Crippen molar-refractivity contribution in [3.8, 4) is 0 Å². The summed E-state index contributed by atoms with van der Waals surface area (Å²) in [6.07, 6.45) is 0. The number of hydrogen-bond acceptors (Lipinski definition) is 1. The maximum absolute atomic E-state index is 5.65. The molecule has 3 rings (SSSR count). The van der Waals surface area contributed by atoms with E-state index in [-0.39, 0.29) is 99.3 Å². The van der Waals surface area contributed by atoms with E-state index in [2.05, 4.69) is 12.1 Å². The molecule has 0 fully saturated rings. The van der Waals surface area contributed by atoms with Gasteiger partial charge in [0, 0.05) is 10.8 Å². The number of furan rings is 1. The molecule has 1 heterocycles. The summed E-state index contributed by atoms with van der Waals surface area (Å²) in [4.78, 5) is 0. The maximum Gasteiger partial charge on any atom is 0.135 e. The summed E-state index contributed by atoms with van der Waals surface area (Å²) in [7, 11) is 0. The maximum atomic E-state index is 5.65. The molecule has 126 valence electrons. The van der Waals surface area contributed by atoms with Crippen LogP contribution in [0.5, 0.6) is 0 Å². The van der Waals surface area contributed by atoms with Gasteiger partial charge in [0.25, 0.3) is 0 Å². The molecule has 0 saturated heterocycles. The molecule has 0 unspecified atom stereocenters. The highest BCUT2D eigenvalue weighted by Gasteiger charge is 2.03. The second kappa shape index (κ2) is 16.9. The van der Waals surface area contributed by atoms with Crippen molar-refractivity contribution in [3.05, 3.63) is 48.5 Å². The summed E-state index contributed by atoms with van der Waals surface area (Å²) < 4.78 is 5.65. The summed E-state index contributed by atoms with van der Waals surface area (Å²) in [5, 5.41) is 2.39. The van der Waals surface area contributed by atoms with Crippen LogP contribution in [-0.4, -0.2) is 0 Å². The zero-order valence-corrected chi connectivity index (χ0v) is 16.8. The van der Waals surface area contributed by atoms with E-state index in [0.717, 1.165) is 11.2 Å². The highest BCUT2D eigenvalue weighted by Crippen LogP contribution is 2.27. The molecule has 0 radical (unpaired) electrons. The van der Waals surface area contributed by atoms with Gasteiger partial charge >= 0.3 is 0 Å². The van der Waals surface area contributed by atoms with Crippen molar-refractivity contribution in [2.45, 2.75) is 0 Å². The van der Waals surface area contributed by atoms with E-state index in [4.69, 9.17) is 4.42 Å². The van der Waals surface area contributed by atoms with Crippen LogP contribution in [0.15, 0.2) is 52.9 Å². The van der Waals surface area contributed by atoms with Gasteiger partial charge in [0.05, 0.1) is 0 Å². The Bertz CT molecular complexity index is 533. The van der Waals surface area contributed by atoms with E-state index in [1.54, 1.807) is 0 Å². The van der Waals surface area contributed by atoms with E-state index >= 15 is 0 Å². The summed E-state index contributed by atoms with van der Waals surface area (Å²) >= 11 is 0. The molecule has 0 saturated carbocycles. The lowest BCUT2D eigenvalue weighted by Gasteiger charge is -1.85. The first-order valence-corrected chi connectivity index (χ1v) is 4.31. The Labute approximate surface area is 173 Å². The minimum atomic E-state index is 0. The van der Waals surface area contributed by atoms with Gasteiger partial charge < -0.3 is 4.42 Å². The number of benzene rings is 2. The number of para-hydroxylation sites is 2. The quantitative estimate of drug-likeness (QED) is 0.354. The summed E-state index contributed by atoms with van der Waals surface area (Å²) in [6, 6.07) is 16.2. The fourth-order valence-corrected chi connectivity index (χ4v) is 1.67. The third-order valence-corrected chi connectivity index (χ3v) is 2.28. The van der Waals surface area contributed by atoms with E-state index < -0.39 is 0 Å². The molecular weight excluding hydrogens is 444 g/mol. The normalized spacial score (nSPS) is 6.86. The van der Waals surface area contributed by atoms with Gasteiger partial charge in [-0.1, -0.05) is 36.4 Å². The van der Waals surface area contributed by atoms with Crippen molar-refractivity contribution in [1.29, 1.82) is 0 Å². The van der Waals surface area contributed by atoms with Crippen LogP contribution in [0.4, 0.5) is 0 Å². The molecule has 21 heavy (non-hydrogen) atoms. The Morgan fingerprint density at radius 1 is 0.429 bits per heavy atom. The predicted octanol–water partition coefficient (Wildman–Crippen LogP) is 6.96. The van der Waals surface area contributed by atoms with Crippen molar-refractivity contribution >= 4 is 121 Å². The van der Waals surface area contributed by atoms with Gasteiger partial charge in [0.2, 0.25) is 0 Å². The van der Waals surface area contributed by atoms with E-state index in [9.17, 15) is 0 Å². The van der Waals surface area contributed by atoms with Crippen molar-refractivity contribution in [3.63, 3.8) is 0 Å². The van der Waals surface area contributed by atoms with Crippen LogP contribution in [0, 0.1) is 0 Å². The smallest absolute Gasteiger partial charge is 0.135 e. The fourth-order valence-electron chi connectivity index (χ4n) is 1.67. The van der Waals surface area contributed by atoms with Gasteiger partial charge in [-0.2, -0.15) is 0 Å². The fraction of sp³-hybridized carbons (Fsp3) is 0. The van der Waals surface area contributed by atoms with Crippen LogP contribution >= 0.6 is 99.3 Å². The van der Waals surface area contributed by atoms with E-state index in [1.165, 1.54) is 10.8 Å². The monoisotopic (exact) mass is 456 g/mol. The van der Waals surface area contributed by atoms with Gasteiger partial charge in [-0.3, -0.25) is 0 Å². The molecule has 9 heteroatoms. The Hall–Kier alpha value is 0.560. The van der Waals surface area contributed by atoms with E-state index in [0.29, 0.717) is 0 Å². The Morgan fingerprint density at radius 2 is 0.714 bits per heavy atom. The lowest BCUT2D eigenvalue weighted by atomic mass is 10.2. The molecule has 3 aromatic rings. The molecule has 0 aliphatic heterocycles. The van der Waals surface area contributed by atoms with Crippen molar-refractivity contribution in [1.82, 2.24) is 0 Å². The molecule has 0 aliphatic rings. The molecule has 0 amide bonds. The number of hydrogen-bond donors (Lipinski definition) is 0. The Morgan fingerprint density at radius 3 is 1.05 bits per heavy atom. The molecule has 0 atom stereocenters. The van der Waals surface area contributed by atoms with Gasteiger partial charge in [0.1, 0.15) is 11.2 Å². The third kappa shape index (κ3) is 7.58. The minimum absolute atomic E-state index is 0. The van der Waals surface area contributed by atoms with Gasteiger partial charge in [-0.25, -0.2) is 0 Å². The van der Waals surface area contributed by atoms with Gasteiger partial charge in [-0.05, 0) is 12.1 Å².